The van der Waals surface area contributed by atoms with Crippen molar-refractivity contribution in [1.29, 1.82) is 0 Å². The number of fused-ring (bicyclic) bond motifs is 1. The molecule has 2 aromatic heterocycles. The molecule has 0 bridgehead atoms. The molecule has 7 heteroatoms. The predicted octanol–water partition coefficient (Wildman–Crippen LogP) is 5.47. The van der Waals surface area contributed by atoms with Crippen molar-refractivity contribution in [2.45, 2.75) is 26.6 Å². The average molecular weight is 469 g/mol. The first-order valence-corrected chi connectivity index (χ1v) is 11.9. The van der Waals surface area contributed by atoms with E-state index in [0.717, 1.165) is 27.3 Å². The number of amides is 2. The van der Waals surface area contributed by atoms with E-state index >= 15 is 0 Å². The summed E-state index contributed by atoms with van der Waals surface area (Å²) in [5.41, 5.74) is 5.29. The largest absolute Gasteiger partial charge is 0.381 e. The van der Waals surface area contributed by atoms with Gasteiger partial charge in [0.25, 0.3) is 11.8 Å². The van der Waals surface area contributed by atoms with Crippen molar-refractivity contribution in [2.24, 2.45) is 0 Å². The minimum Gasteiger partial charge on any atom is -0.381 e. The molecule has 170 valence electrons. The number of carbonyl (C=O) groups is 2. The fraction of sp³-hybridized carbons (Fsp3) is 0.148. The van der Waals surface area contributed by atoms with Gasteiger partial charge in [0.1, 0.15) is 0 Å². The van der Waals surface area contributed by atoms with Crippen LogP contribution in [0.5, 0.6) is 0 Å². The second-order valence-electron chi connectivity index (χ2n) is 8.27. The highest BCUT2D eigenvalue weighted by Crippen LogP contribution is 2.31. The molecule has 0 saturated carbocycles. The number of aromatic nitrogens is 1. The molecular formula is C27H24N4O2S. The highest BCUT2D eigenvalue weighted by Gasteiger charge is 2.30. The maximum atomic E-state index is 13.3. The van der Waals surface area contributed by atoms with Crippen LogP contribution in [0.15, 0.2) is 79.1 Å². The van der Waals surface area contributed by atoms with Crippen LogP contribution >= 0.6 is 11.3 Å². The Morgan fingerprint density at radius 1 is 1.03 bits per heavy atom. The number of benzene rings is 2. The van der Waals surface area contributed by atoms with E-state index < -0.39 is 0 Å². The fourth-order valence-corrected chi connectivity index (χ4v) is 4.89. The molecule has 1 aliphatic heterocycles. The molecule has 0 aliphatic carbocycles. The van der Waals surface area contributed by atoms with Crippen LogP contribution in [0.3, 0.4) is 0 Å². The van der Waals surface area contributed by atoms with Crippen molar-refractivity contribution in [1.82, 2.24) is 9.88 Å². The molecule has 0 fully saturated rings. The molecule has 0 unspecified atom stereocenters. The Kier molecular flexibility index (Phi) is 6.10. The smallest absolute Gasteiger partial charge is 0.265 e. The topological polar surface area (TPSA) is 74.3 Å². The third-order valence-corrected chi connectivity index (χ3v) is 6.77. The highest BCUT2D eigenvalue weighted by atomic mass is 32.1. The summed E-state index contributed by atoms with van der Waals surface area (Å²) in [6.45, 7) is 3.68. The molecule has 0 saturated heterocycles. The van der Waals surface area contributed by atoms with Gasteiger partial charge >= 0.3 is 0 Å². The zero-order valence-corrected chi connectivity index (χ0v) is 19.6. The van der Waals surface area contributed by atoms with Crippen molar-refractivity contribution in [3.05, 3.63) is 111 Å². The van der Waals surface area contributed by atoms with E-state index in [1.54, 1.807) is 18.5 Å². The molecule has 0 atom stereocenters. The van der Waals surface area contributed by atoms with Gasteiger partial charge in [-0.1, -0.05) is 36.4 Å². The highest BCUT2D eigenvalue weighted by molar-refractivity contribution is 7.14. The standard InChI is InChI=1S/C27H24N4O2S/c1-18-8-9-24(34-18)26(32)30-23-7-3-6-21-17-31(27(33)25(21)23)16-20-5-2-4-19(14-20)15-29-22-10-12-28-13-11-22/h2-14H,15-17H2,1H3,(H,28,29)(H,30,32). The van der Waals surface area contributed by atoms with E-state index in [-0.39, 0.29) is 11.8 Å². The Morgan fingerprint density at radius 3 is 2.62 bits per heavy atom. The molecular weight excluding hydrogens is 444 g/mol. The number of carbonyl (C=O) groups excluding carboxylic acids is 2. The normalized spacial score (nSPS) is 12.5. The van der Waals surface area contributed by atoms with Gasteiger partial charge in [0.15, 0.2) is 0 Å². The lowest BCUT2D eigenvalue weighted by Crippen LogP contribution is -2.24. The molecule has 34 heavy (non-hydrogen) atoms. The number of pyridine rings is 1. The minimum atomic E-state index is -0.188. The maximum absolute atomic E-state index is 13.3. The lowest BCUT2D eigenvalue weighted by atomic mass is 10.1. The molecule has 1 aliphatic rings. The second-order valence-corrected chi connectivity index (χ2v) is 9.56. The van der Waals surface area contributed by atoms with Crippen LogP contribution in [0.1, 0.15) is 41.6 Å². The minimum absolute atomic E-state index is 0.0615. The summed E-state index contributed by atoms with van der Waals surface area (Å²) < 4.78 is 0. The number of hydrogen-bond acceptors (Lipinski definition) is 5. The molecule has 0 spiro atoms. The Bertz CT molecular complexity index is 1350. The molecule has 2 amide bonds. The molecule has 5 rings (SSSR count). The molecule has 3 heterocycles. The number of hydrogen-bond donors (Lipinski definition) is 2. The first kappa shape index (κ1) is 21.9. The number of thiophene rings is 1. The van der Waals surface area contributed by atoms with Crippen molar-refractivity contribution >= 4 is 34.5 Å². The van der Waals surface area contributed by atoms with Crippen molar-refractivity contribution in [3.8, 4) is 0 Å². The third-order valence-electron chi connectivity index (χ3n) is 5.77. The Morgan fingerprint density at radius 2 is 1.82 bits per heavy atom. The number of nitrogens with one attached hydrogen (secondary N) is 2. The maximum Gasteiger partial charge on any atom is 0.265 e. The number of rotatable bonds is 7. The van der Waals surface area contributed by atoms with Gasteiger partial charge in [0.2, 0.25) is 0 Å². The van der Waals surface area contributed by atoms with Gasteiger partial charge in [-0.15, -0.1) is 11.3 Å². The Balaban J connectivity index is 1.28. The van der Waals surface area contributed by atoms with Gasteiger partial charge in [0, 0.05) is 42.6 Å². The first-order chi connectivity index (χ1) is 16.6. The zero-order valence-electron chi connectivity index (χ0n) is 18.7. The van der Waals surface area contributed by atoms with Crippen LogP contribution in [0.25, 0.3) is 0 Å². The van der Waals surface area contributed by atoms with Gasteiger partial charge in [-0.05, 0) is 53.9 Å². The summed E-state index contributed by atoms with van der Waals surface area (Å²) >= 11 is 1.44. The summed E-state index contributed by atoms with van der Waals surface area (Å²) in [6.07, 6.45) is 3.52. The molecule has 6 nitrogen and oxygen atoms in total. The molecule has 4 aromatic rings. The monoisotopic (exact) mass is 468 g/mol. The average Bonchev–Trinajstić information content (AvgIpc) is 3.42. The van der Waals surface area contributed by atoms with Gasteiger partial charge in [-0.2, -0.15) is 0 Å². The van der Waals surface area contributed by atoms with Crippen molar-refractivity contribution in [2.75, 3.05) is 10.6 Å². The van der Waals surface area contributed by atoms with Gasteiger partial charge < -0.3 is 15.5 Å². The Labute approximate surface area is 202 Å². The van der Waals surface area contributed by atoms with Crippen LogP contribution < -0.4 is 10.6 Å². The summed E-state index contributed by atoms with van der Waals surface area (Å²) in [4.78, 5) is 33.5. The summed E-state index contributed by atoms with van der Waals surface area (Å²) in [5, 5.41) is 6.32. The third kappa shape index (κ3) is 4.70. The summed E-state index contributed by atoms with van der Waals surface area (Å²) in [7, 11) is 0. The van der Waals surface area contributed by atoms with E-state index in [4.69, 9.17) is 0 Å². The SMILES string of the molecule is Cc1ccc(C(=O)Nc2cccc3c2C(=O)N(Cc2cccc(CNc4ccncc4)c2)C3)s1. The molecule has 2 aromatic carbocycles. The quantitative estimate of drug-likeness (QED) is 0.377. The molecule has 2 N–H and O–H groups in total. The van der Waals surface area contributed by atoms with Gasteiger partial charge in [0.05, 0.1) is 16.1 Å². The van der Waals surface area contributed by atoms with Crippen LogP contribution in [0, 0.1) is 6.92 Å². The van der Waals surface area contributed by atoms with E-state index in [0.29, 0.717) is 35.8 Å². The predicted molar refractivity (Wildman–Crippen MR) is 135 cm³/mol. The van der Waals surface area contributed by atoms with Crippen molar-refractivity contribution in [3.63, 3.8) is 0 Å². The van der Waals surface area contributed by atoms with Crippen LogP contribution in [0.4, 0.5) is 11.4 Å². The fourth-order valence-electron chi connectivity index (χ4n) is 4.12. The van der Waals surface area contributed by atoms with Crippen LogP contribution in [-0.2, 0) is 19.6 Å². The lowest BCUT2D eigenvalue weighted by molar-refractivity contribution is 0.0767. The van der Waals surface area contributed by atoms with Crippen LogP contribution in [-0.4, -0.2) is 21.7 Å². The summed E-state index contributed by atoms with van der Waals surface area (Å²) in [5.74, 6) is -0.249. The van der Waals surface area contributed by atoms with Gasteiger partial charge in [-0.3, -0.25) is 14.6 Å². The van der Waals surface area contributed by atoms with E-state index in [1.807, 2.05) is 60.4 Å². The van der Waals surface area contributed by atoms with Gasteiger partial charge in [-0.25, -0.2) is 0 Å². The van der Waals surface area contributed by atoms with E-state index in [2.05, 4.69) is 27.8 Å². The number of anilines is 2. The second kappa shape index (κ2) is 9.49. The molecule has 0 radical (unpaired) electrons. The number of aryl methyl sites for hydroxylation is 1. The number of nitrogens with zero attached hydrogens (tertiary/aromatic N) is 2. The lowest BCUT2D eigenvalue weighted by Gasteiger charge is -2.17. The van der Waals surface area contributed by atoms with E-state index in [1.165, 1.54) is 11.3 Å². The summed E-state index contributed by atoms with van der Waals surface area (Å²) in [6, 6.07) is 21.5. The van der Waals surface area contributed by atoms with Crippen LogP contribution in [0.2, 0.25) is 0 Å². The van der Waals surface area contributed by atoms with E-state index in [9.17, 15) is 9.59 Å². The zero-order chi connectivity index (χ0) is 23.5. The van der Waals surface area contributed by atoms with Crippen molar-refractivity contribution < 1.29 is 9.59 Å². The Hall–Kier alpha value is -3.97. The first-order valence-electron chi connectivity index (χ1n) is 11.1.